The van der Waals surface area contributed by atoms with Gasteiger partial charge in [-0.05, 0) is 19.4 Å². The maximum Gasteiger partial charge on any atom is 0.256 e. The van der Waals surface area contributed by atoms with Crippen molar-refractivity contribution in [1.29, 1.82) is 0 Å². The molecule has 0 unspecified atom stereocenters. The van der Waals surface area contributed by atoms with Gasteiger partial charge in [0.25, 0.3) is 5.91 Å². The Kier molecular flexibility index (Phi) is 4.04. The van der Waals surface area contributed by atoms with Crippen molar-refractivity contribution in [3.8, 4) is 0 Å². The average molecular weight is 251 g/mol. The number of aryl methyl sites for hydroxylation is 2. The second-order valence-electron chi connectivity index (χ2n) is 4.83. The molecule has 5 nitrogen and oxygen atoms in total. The van der Waals surface area contributed by atoms with Crippen LogP contribution in [0.15, 0.2) is 6.20 Å². The highest BCUT2D eigenvalue weighted by atomic mass is 16.3. The fourth-order valence-electron chi connectivity index (χ4n) is 2.46. The second kappa shape index (κ2) is 5.54. The van der Waals surface area contributed by atoms with Gasteiger partial charge in [0.15, 0.2) is 0 Å². The summed E-state index contributed by atoms with van der Waals surface area (Å²) in [4.78, 5) is 19.6. The summed E-state index contributed by atoms with van der Waals surface area (Å²) in [6, 6.07) is 0. The van der Waals surface area contributed by atoms with E-state index in [4.69, 9.17) is 5.11 Å². The van der Waals surface area contributed by atoms with Crippen molar-refractivity contribution in [3.63, 3.8) is 0 Å². The predicted molar refractivity (Wildman–Crippen MR) is 69.7 cm³/mol. The number of aromatic amines is 1. The van der Waals surface area contributed by atoms with Crippen LogP contribution in [0, 0.1) is 13.8 Å². The fourth-order valence-corrected chi connectivity index (χ4v) is 2.46. The molecule has 0 bridgehead atoms. The zero-order chi connectivity index (χ0) is 13.1. The molecule has 1 aromatic rings. The van der Waals surface area contributed by atoms with Gasteiger partial charge in [-0.15, -0.1) is 0 Å². The molecule has 5 heteroatoms. The van der Waals surface area contributed by atoms with Crippen molar-refractivity contribution >= 4 is 5.91 Å². The van der Waals surface area contributed by atoms with Crippen molar-refractivity contribution in [1.82, 2.24) is 14.8 Å². The number of piperazine rings is 1. The highest BCUT2D eigenvalue weighted by Crippen LogP contribution is 2.16. The highest BCUT2D eigenvalue weighted by Gasteiger charge is 2.24. The molecular formula is C13H21N3O2. The van der Waals surface area contributed by atoms with Crippen LogP contribution in [0.5, 0.6) is 0 Å². The maximum absolute atomic E-state index is 12.4. The van der Waals surface area contributed by atoms with Gasteiger partial charge >= 0.3 is 0 Å². The molecule has 0 aliphatic carbocycles. The number of hydrogen-bond acceptors (Lipinski definition) is 3. The SMILES string of the molecule is Cc1c[nH]c(C)c1C(=O)N1CCN(CCO)CC1. The van der Waals surface area contributed by atoms with E-state index in [-0.39, 0.29) is 12.5 Å². The molecule has 2 rings (SSSR count). The summed E-state index contributed by atoms with van der Waals surface area (Å²) in [5, 5.41) is 8.89. The van der Waals surface area contributed by atoms with Crippen LogP contribution in [0.25, 0.3) is 0 Å². The van der Waals surface area contributed by atoms with E-state index in [0.29, 0.717) is 6.54 Å². The van der Waals surface area contributed by atoms with E-state index in [1.165, 1.54) is 0 Å². The Balaban J connectivity index is 2.00. The predicted octanol–water partition coefficient (Wildman–Crippen LogP) is 0.382. The lowest BCUT2D eigenvalue weighted by Crippen LogP contribution is -2.49. The van der Waals surface area contributed by atoms with Gasteiger partial charge in [-0.1, -0.05) is 0 Å². The summed E-state index contributed by atoms with van der Waals surface area (Å²) in [6.07, 6.45) is 1.88. The van der Waals surface area contributed by atoms with Crippen molar-refractivity contribution in [2.75, 3.05) is 39.3 Å². The number of rotatable bonds is 3. The minimum absolute atomic E-state index is 0.120. The van der Waals surface area contributed by atoms with Crippen LogP contribution >= 0.6 is 0 Å². The molecule has 2 N–H and O–H groups in total. The zero-order valence-corrected chi connectivity index (χ0v) is 11.1. The van der Waals surface area contributed by atoms with E-state index < -0.39 is 0 Å². The summed E-state index contributed by atoms with van der Waals surface area (Å²) in [5.74, 6) is 0.120. The number of aliphatic hydroxyl groups is 1. The molecule has 1 aromatic heterocycles. The molecule has 0 atom stereocenters. The van der Waals surface area contributed by atoms with Gasteiger partial charge in [0.1, 0.15) is 0 Å². The standard InChI is InChI=1S/C13H21N3O2/c1-10-9-14-11(2)12(10)13(18)16-5-3-15(4-6-16)7-8-17/h9,14,17H,3-8H2,1-2H3. The third-order valence-corrected chi connectivity index (χ3v) is 3.56. The average Bonchev–Trinajstić information content (AvgIpc) is 2.70. The Labute approximate surface area is 107 Å². The Morgan fingerprint density at radius 3 is 2.50 bits per heavy atom. The number of aromatic nitrogens is 1. The molecule has 1 fully saturated rings. The highest BCUT2D eigenvalue weighted by molar-refractivity contribution is 5.96. The molecule has 100 valence electrons. The molecule has 1 aliphatic heterocycles. The third kappa shape index (κ3) is 2.57. The molecular weight excluding hydrogens is 230 g/mol. The van der Waals surface area contributed by atoms with E-state index >= 15 is 0 Å². The van der Waals surface area contributed by atoms with Crippen LogP contribution in [0.1, 0.15) is 21.6 Å². The van der Waals surface area contributed by atoms with Gasteiger partial charge in [-0.3, -0.25) is 9.69 Å². The number of amides is 1. The largest absolute Gasteiger partial charge is 0.395 e. The number of hydrogen-bond donors (Lipinski definition) is 2. The minimum atomic E-state index is 0.120. The molecule has 18 heavy (non-hydrogen) atoms. The normalized spacial score (nSPS) is 17.2. The number of carbonyl (C=O) groups excluding carboxylic acids is 1. The fraction of sp³-hybridized carbons (Fsp3) is 0.615. The lowest BCUT2D eigenvalue weighted by Gasteiger charge is -2.34. The van der Waals surface area contributed by atoms with Gasteiger partial charge < -0.3 is 15.0 Å². The topological polar surface area (TPSA) is 59.6 Å². The van der Waals surface area contributed by atoms with Crippen molar-refractivity contribution < 1.29 is 9.90 Å². The third-order valence-electron chi connectivity index (χ3n) is 3.56. The van der Waals surface area contributed by atoms with Crippen molar-refractivity contribution in [3.05, 3.63) is 23.0 Å². The summed E-state index contributed by atoms with van der Waals surface area (Å²) < 4.78 is 0. The Bertz CT molecular complexity index is 400. The Morgan fingerprint density at radius 2 is 2.00 bits per heavy atom. The van der Waals surface area contributed by atoms with E-state index in [9.17, 15) is 4.79 Å². The molecule has 2 heterocycles. The number of H-pyrrole nitrogens is 1. The zero-order valence-electron chi connectivity index (χ0n) is 11.1. The quantitative estimate of drug-likeness (QED) is 0.816. The molecule has 1 saturated heterocycles. The monoisotopic (exact) mass is 251 g/mol. The second-order valence-corrected chi connectivity index (χ2v) is 4.83. The molecule has 0 aromatic carbocycles. The summed E-state index contributed by atoms with van der Waals surface area (Å²) in [7, 11) is 0. The number of aliphatic hydroxyl groups excluding tert-OH is 1. The first-order valence-electron chi connectivity index (χ1n) is 6.40. The van der Waals surface area contributed by atoms with Crippen LogP contribution in [0.4, 0.5) is 0 Å². The lowest BCUT2D eigenvalue weighted by atomic mass is 10.1. The molecule has 0 saturated carbocycles. The van der Waals surface area contributed by atoms with Crippen LogP contribution < -0.4 is 0 Å². The molecule has 1 aliphatic rings. The van der Waals surface area contributed by atoms with Gasteiger partial charge in [0, 0.05) is 44.6 Å². The molecule has 0 spiro atoms. The lowest BCUT2D eigenvalue weighted by molar-refractivity contribution is 0.0614. The number of carbonyl (C=O) groups is 1. The van der Waals surface area contributed by atoms with E-state index in [0.717, 1.165) is 43.0 Å². The summed E-state index contributed by atoms with van der Waals surface area (Å²) in [6.45, 7) is 7.94. The van der Waals surface area contributed by atoms with E-state index in [1.807, 2.05) is 24.9 Å². The van der Waals surface area contributed by atoms with Gasteiger partial charge in [-0.25, -0.2) is 0 Å². The van der Waals surface area contributed by atoms with Gasteiger partial charge in [-0.2, -0.15) is 0 Å². The van der Waals surface area contributed by atoms with Crippen LogP contribution in [0.2, 0.25) is 0 Å². The van der Waals surface area contributed by atoms with E-state index in [2.05, 4.69) is 9.88 Å². The van der Waals surface area contributed by atoms with Gasteiger partial charge in [0.05, 0.1) is 12.2 Å². The van der Waals surface area contributed by atoms with Gasteiger partial charge in [0.2, 0.25) is 0 Å². The number of nitrogens with one attached hydrogen (secondary N) is 1. The smallest absolute Gasteiger partial charge is 0.256 e. The Morgan fingerprint density at radius 1 is 1.33 bits per heavy atom. The van der Waals surface area contributed by atoms with Crippen LogP contribution in [-0.2, 0) is 0 Å². The summed E-state index contributed by atoms with van der Waals surface area (Å²) in [5.41, 5.74) is 2.76. The maximum atomic E-state index is 12.4. The molecule has 1 amide bonds. The first kappa shape index (κ1) is 13.1. The number of nitrogens with zero attached hydrogens (tertiary/aromatic N) is 2. The van der Waals surface area contributed by atoms with Crippen LogP contribution in [0.3, 0.4) is 0 Å². The minimum Gasteiger partial charge on any atom is -0.395 e. The first-order chi connectivity index (χ1) is 8.63. The molecule has 0 radical (unpaired) electrons. The van der Waals surface area contributed by atoms with Crippen LogP contribution in [-0.4, -0.2) is 65.1 Å². The van der Waals surface area contributed by atoms with Crippen molar-refractivity contribution in [2.45, 2.75) is 13.8 Å². The van der Waals surface area contributed by atoms with Crippen molar-refractivity contribution in [2.24, 2.45) is 0 Å². The number of β-amino-alcohol motifs (C(OH)–C–C–N with tert-alkyl or cyclic N) is 1. The Hall–Kier alpha value is -1.33. The first-order valence-corrected chi connectivity index (χ1v) is 6.40. The van der Waals surface area contributed by atoms with E-state index in [1.54, 1.807) is 0 Å². The summed E-state index contributed by atoms with van der Waals surface area (Å²) >= 11 is 0.